The molecule has 0 saturated carbocycles. The minimum Gasteiger partial charge on any atom is -0.497 e. The maximum Gasteiger partial charge on any atom is 0.254 e. The first-order valence-corrected chi connectivity index (χ1v) is 13.2. The van der Waals surface area contributed by atoms with Crippen LogP contribution in [0.4, 0.5) is 5.82 Å². The molecule has 0 aliphatic carbocycles. The summed E-state index contributed by atoms with van der Waals surface area (Å²) in [5, 5.41) is 1.08. The summed E-state index contributed by atoms with van der Waals surface area (Å²) >= 11 is 0. The Morgan fingerprint density at radius 1 is 1.11 bits per heavy atom. The third-order valence-corrected chi connectivity index (χ3v) is 7.88. The SMILES string of the molecule is COc1ccc(C(=O)N2CCc3c(N4CCOC[C@H]4C)nc(-c4cccc5[nH]ccc45)nc3C2(C)C)cc1. The highest BCUT2D eigenvalue weighted by Gasteiger charge is 2.42. The van der Waals surface area contributed by atoms with Crippen molar-refractivity contribution in [1.29, 1.82) is 0 Å². The Bertz CT molecular complexity index is 1490. The van der Waals surface area contributed by atoms with Crippen LogP contribution in [0.25, 0.3) is 22.3 Å². The molecule has 0 bridgehead atoms. The zero-order chi connectivity index (χ0) is 26.4. The van der Waals surface area contributed by atoms with Gasteiger partial charge in [0.25, 0.3) is 5.91 Å². The van der Waals surface area contributed by atoms with E-state index in [4.69, 9.17) is 19.4 Å². The van der Waals surface area contributed by atoms with Gasteiger partial charge in [-0.1, -0.05) is 12.1 Å². The first-order valence-electron chi connectivity index (χ1n) is 13.2. The Hall–Kier alpha value is -3.91. The molecule has 0 radical (unpaired) electrons. The highest BCUT2D eigenvalue weighted by molar-refractivity contribution is 5.95. The molecule has 8 heteroatoms. The number of benzene rings is 2. The van der Waals surface area contributed by atoms with Crippen LogP contribution in [0.2, 0.25) is 0 Å². The molecule has 1 saturated heterocycles. The van der Waals surface area contributed by atoms with Crippen LogP contribution < -0.4 is 9.64 Å². The van der Waals surface area contributed by atoms with Crippen molar-refractivity contribution in [2.75, 3.05) is 38.3 Å². The number of anilines is 1. The summed E-state index contributed by atoms with van der Waals surface area (Å²) in [6.07, 6.45) is 2.63. The van der Waals surface area contributed by atoms with Crippen LogP contribution in [0.5, 0.6) is 5.75 Å². The number of morpholine rings is 1. The predicted octanol–water partition coefficient (Wildman–Crippen LogP) is 4.79. The Morgan fingerprint density at radius 3 is 2.68 bits per heavy atom. The van der Waals surface area contributed by atoms with Crippen molar-refractivity contribution >= 4 is 22.6 Å². The molecule has 38 heavy (non-hydrogen) atoms. The van der Waals surface area contributed by atoms with Crippen LogP contribution in [0.3, 0.4) is 0 Å². The fourth-order valence-corrected chi connectivity index (χ4v) is 5.76. The molecule has 4 heterocycles. The summed E-state index contributed by atoms with van der Waals surface area (Å²) < 4.78 is 11.0. The van der Waals surface area contributed by atoms with Crippen molar-refractivity contribution in [2.45, 2.75) is 38.8 Å². The minimum atomic E-state index is -0.640. The fourth-order valence-electron chi connectivity index (χ4n) is 5.76. The summed E-state index contributed by atoms with van der Waals surface area (Å²) in [7, 11) is 1.62. The van der Waals surface area contributed by atoms with Gasteiger partial charge in [0.05, 0.1) is 37.6 Å². The minimum absolute atomic E-state index is 0.0162. The van der Waals surface area contributed by atoms with Crippen molar-refractivity contribution in [3.63, 3.8) is 0 Å². The molecule has 1 amide bonds. The molecule has 4 aromatic rings. The molecule has 2 aliphatic rings. The fraction of sp³-hybridized carbons (Fsp3) is 0.367. The van der Waals surface area contributed by atoms with E-state index >= 15 is 0 Å². The normalized spacial score (nSPS) is 18.9. The summed E-state index contributed by atoms with van der Waals surface area (Å²) in [5.41, 5.74) is 4.03. The lowest BCUT2D eigenvalue weighted by Crippen LogP contribution is -2.52. The van der Waals surface area contributed by atoms with E-state index in [-0.39, 0.29) is 11.9 Å². The smallest absolute Gasteiger partial charge is 0.254 e. The summed E-state index contributed by atoms with van der Waals surface area (Å²) in [6, 6.07) is 15.7. The number of carbonyl (C=O) groups excluding carboxylic acids is 1. The largest absolute Gasteiger partial charge is 0.497 e. The number of hydrogen-bond acceptors (Lipinski definition) is 6. The Kier molecular flexibility index (Phi) is 6.07. The van der Waals surface area contributed by atoms with Gasteiger partial charge in [-0.2, -0.15) is 0 Å². The second-order valence-corrected chi connectivity index (χ2v) is 10.6. The van der Waals surface area contributed by atoms with E-state index in [2.05, 4.69) is 48.9 Å². The maximum absolute atomic E-state index is 13.8. The van der Waals surface area contributed by atoms with Crippen LogP contribution in [-0.4, -0.2) is 65.2 Å². The Labute approximate surface area is 222 Å². The number of ether oxygens (including phenoxy) is 2. The number of nitrogens with zero attached hydrogens (tertiary/aromatic N) is 4. The Balaban J connectivity index is 1.49. The number of fused-ring (bicyclic) bond motifs is 2. The lowest BCUT2D eigenvalue weighted by atomic mass is 9.86. The van der Waals surface area contributed by atoms with Gasteiger partial charge < -0.3 is 24.3 Å². The second-order valence-electron chi connectivity index (χ2n) is 10.6. The number of H-pyrrole nitrogens is 1. The van der Waals surface area contributed by atoms with Gasteiger partial charge >= 0.3 is 0 Å². The van der Waals surface area contributed by atoms with Crippen molar-refractivity contribution in [3.8, 4) is 17.1 Å². The quantitative estimate of drug-likeness (QED) is 0.424. The number of aromatic nitrogens is 3. The molecule has 1 fully saturated rings. The van der Waals surface area contributed by atoms with Gasteiger partial charge in [-0.3, -0.25) is 4.79 Å². The van der Waals surface area contributed by atoms with Crippen LogP contribution in [0.15, 0.2) is 54.7 Å². The highest BCUT2D eigenvalue weighted by atomic mass is 16.5. The molecule has 1 atom stereocenters. The lowest BCUT2D eigenvalue weighted by molar-refractivity contribution is 0.0501. The molecule has 2 aromatic carbocycles. The molecule has 6 rings (SSSR count). The molecule has 8 nitrogen and oxygen atoms in total. The van der Waals surface area contributed by atoms with E-state index in [0.717, 1.165) is 45.8 Å². The average Bonchev–Trinajstić information content (AvgIpc) is 3.42. The van der Waals surface area contributed by atoms with E-state index < -0.39 is 5.54 Å². The molecule has 0 spiro atoms. The van der Waals surface area contributed by atoms with Gasteiger partial charge in [-0.05, 0) is 63.6 Å². The molecular formula is C30H33N5O3. The van der Waals surface area contributed by atoms with Crippen LogP contribution in [-0.2, 0) is 16.7 Å². The number of hydrogen-bond donors (Lipinski definition) is 1. The molecular weight excluding hydrogens is 478 g/mol. The molecule has 2 aromatic heterocycles. The Morgan fingerprint density at radius 2 is 1.92 bits per heavy atom. The van der Waals surface area contributed by atoms with E-state index in [1.165, 1.54) is 0 Å². The molecule has 0 unspecified atom stereocenters. The number of rotatable bonds is 4. The standard InChI is InChI=1S/C30H33N5O3/c1-19-18-38-17-16-34(19)28-24-13-15-35(29(36)20-8-10-21(37-4)11-9-20)30(2,3)26(24)32-27(33-28)23-6-5-7-25-22(23)12-14-31-25/h5-12,14,19,31H,13,15-18H2,1-4H3/t19-/m1/s1. The number of nitrogens with one attached hydrogen (secondary N) is 1. The van der Waals surface area contributed by atoms with Crippen LogP contribution in [0.1, 0.15) is 42.4 Å². The third kappa shape index (κ3) is 4.00. The second kappa shape index (κ2) is 9.44. The monoisotopic (exact) mass is 511 g/mol. The number of aromatic amines is 1. The zero-order valence-electron chi connectivity index (χ0n) is 22.3. The maximum atomic E-state index is 13.8. The van der Waals surface area contributed by atoms with Crippen LogP contribution in [0, 0.1) is 0 Å². The number of methoxy groups -OCH3 is 1. The van der Waals surface area contributed by atoms with Crippen molar-refractivity contribution in [1.82, 2.24) is 19.9 Å². The molecule has 1 N–H and O–H groups in total. The van der Waals surface area contributed by atoms with Crippen molar-refractivity contribution in [3.05, 3.63) is 71.5 Å². The van der Waals surface area contributed by atoms with E-state index in [9.17, 15) is 4.79 Å². The number of amides is 1. The van der Waals surface area contributed by atoms with Gasteiger partial charge in [0, 0.05) is 46.9 Å². The highest BCUT2D eigenvalue weighted by Crippen LogP contribution is 2.41. The lowest BCUT2D eigenvalue weighted by Gasteiger charge is -2.45. The van der Waals surface area contributed by atoms with E-state index in [0.29, 0.717) is 37.6 Å². The molecule has 2 aliphatic heterocycles. The first-order chi connectivity index (χ1) is 18.4. The van der Waals surface area contributed by atoms with Gasteiger partial charge in [-0.25, -0.2) is 9.97 Å². The summed E-state index contributed by atoms with van der Waals surface area (Å²) in [5.74, 6) is 2.34. The van der Waals surface area contributed by atoms with E-state index in [1.807, 2.05) is 41.4 Å². The van der Waals surface area contributed by atoms with Crippen molar-refractivity contribution in [2.24, 2.45) is 0 Å². The third-order valence-electron chi connectivity index (χ3n) is 7.88. The average molecular weight is 512 g/mol. The van der Waals surface area contributed by atoms with E-state index in [1.54, 1.807) is 7.11 Å². The van der Waals surface area contributed by atoms with Crippen molar-refractivity contribution < 1.29 is 14.3 Å². The summed E-state index contributed by atoms with van der Waals surface area (Å²) in [4.78, 5) is 31.8. The van der Waals surface area contributed by atoms with Gasteiger partial charge in [-0.15, -0.1) is 0 Å². The zero-order valence-corrected chi connectivity index (χ0v) is 22.3. The molecule has 196 valence electrons. The van der Waals surface area contributed by atoms with Gasteiger partial charge in [0.15, 0.2) is 5.82 Å². The van der Waals surface area contributed by atoms with Gasteiger partial charge in [0.1, 0.15) is 11.6 Å². The topological polar surface area (TPSA) is 83.6 Å². The predicted molar refractivity (Wildman–Crippen MR) is 148 cm³/mol. The first kappa shape index (κ1) is 24.4. The van der Waals surface area contributed by atoms with Crippen LogP contribution >= 0.6 is 0 Å². The van der Waals surface area contributed by atoms with Gasteiger partial charge in [0.2, 0.25) is 0 Å². The summed E-state index contributed by atoms with van der Waals surface area (Å²) in [6.45, 7) is 9.04. The number of carbonyl (C=O) groups is 1.